The fraction of sp³-hybridized carbons (Fsp3) is 0.471. The summed E-state index contributed by atoms with van der Waals surface area (Å²) in [5, 5.41) is 11.8. The number of hydrogen-bond donors (Lipinski definition) is 1. The number of methoxy groups -OCH3 is 1. The largest absolute Gasteiger partial charge is 0.493 e. The van der Waals surface area contributed by atoms with Crippen LogP contribution < -0.4 is 4.74 Å². The first kappa shape index (κ1) is 17.1. The average molecular weight is 353 g/mol. The van der Waals surface area contributed by atoms with Crippen LogP contribution >= 0.6 is 11.6 Å². The molecule has 130 valence electrons. The zero-order valence-electron chi connectivity index (χ0n) is 14.0. The van der Waals surface area contributed by atoms with Crippen LogP contribution in [0, 0.1) is 0 Å². The Hall–Kier alpha value is -1.76. The van der Waals surface area contributed by atoms with Gasteiger partial charge in [-0.2, -0.15) is 0 Å². The second-order valence-corrected chi connectivity index (χ2v) is 7.01. The molecular weight excluding hydrogens is 332 g/mol. The van der Waals surface area contributed by atoms with Crippen LogP contribution in [-0.4, -0.2) is 67.3 Å². The van der Waals surface area contributed by atoms with Crippen LogP contribution in [0.25, 0.3) is 11.0 Å². The van der Waals surface area contributed by atoms with Gasteiger partial charge in [0.2, 0.25) is 0 Å². The van der Waals surface area contributed by atoms with Gasteiger partial charge in [0.15, 0.2) is 17.1 Å². The van der Waals surface area contributed by atoms with E-state index in [9.17, 15) is 9.90 Å². The molecule has 1 saturated heterocycles. The third kappa shape index (κ3) is 3.22. The Labute approximate surface area is 145 Å². The second-order valence-electron chi connectivity index (χ2n) is 6.58. The first-order chi connectivity index (χ1) is 11.3. The Morgan fingerprint density at radius 2 is 2.21 bits per heavy atom. The van der Waals surface area contributed by atoms with Gasteiger partial charge < -0.3 is 24.1 Å². The minimum atomic E-state index is -0.883. The maximum atomic E-state index is 12.7. The average Bonchev–Trinajstić information content (AvgIpc) is 3.08. The lowest BCUT2D eigenvalue weighted by molar-refractivity contribution is 0.0231. The third-order valence-electron chi connectivity index (χ3n) is 4.21. The van der Waals surface area contributed by atoms with Crippen molar-refractivity contribution in [3.63, 3.8) is 0 Å². The lowest BCUT2D eigenvalue weighted by Gasteiger charge is -2.26. The van der Waals surface area contributed by atoms with E-state index in [2.05, 4.69) is 0 Å². The van der Waals surface area contributed by atoms with E-state index >= 15 is 0 Å². The molecule has 1 aliphatic heterocycles. The zero-order chi connectivity index (χ0) is 17.5. The van der Waals surface area contributed by atoms with E-state index in [1.165, 1.54) is 7.11 Å². The number of carbonyl (C=O) groups excluding carboxylic acids is 1. The van der Waals surface area contributed by atoms with Crippen LogP contribution in [0.1, 0.15) is 17.0 Å². The third-order valence-corrected chi connectivity index (χ3v) is 4.43. The molecule has 1 fully saturated rings. The van der Waals surface area contributed by atoms with Crippen LogP contribution in [0.5, 0.6) is 5.75 Å². The van der Waals surface area contributed by atoms with E-state index in [1.54, 1.807) is 23.1 Å². The Balaban J connectivity index is 1.85. The first-order valence-electron chi connectivity index (χ1n) is 7.75. The number of likely N-dealkylation sites (tertiary alicyclic amines) is 1. The summed E-state index contributed by atoms with van der Waals surface area (Å²) in [7, 11) is 5.33. The van der Waals surface area contributed by atoms with Crippen molar-refractivity contribution in [2.45, 2.75) is 12.0 Å². The second kappa shape index (κ2) is 6.27. The summed E-state index contributed by atoms with van der Waals surface area (Å²) in [5.74, 6) is 0.473. The summed E-state index contributed by atoms with van der Waals surface area (Å²) in [6.45, 7) is 1.30. The normalized spacial score (nSPS) is 21.0. The SMILES string of the molecule is COc1cc(Cl)cc2cc(C(=O)N3CC[C@](O)(CN(C)C)C3)oc12. The Morgan fingerprint density at radius 3 is 2.88 bits per heavy atom. The summed E-state index contributed by atoms with van der Waals surface area (Å²) in [5.41, 5.74) is -0.389. The number of likely N-dealkylation sites (N-methyl/N-ethyl adjacent to an activating group) is 1. The molecule has 24 heavy (non-hydrogen) atoms. The van der Waals surface area contributed by atoms with Gasteiger partial charge in [0, 0.05) is 29.6 Å². The molecule has 0 aliphatic carbocycles. The van der Waals surface area contributed by atoms with E-state index in [0.29, 0.717) is 47.8 Å². The molecule has 0 unspecified atom stereocenters. The van der Waals surface area contributed by atoms with E-state index in [4.69, 9.17) is 20.8 Å². The molecule has 2 heterocycles. The first-order valence-corrected chi connectivity index (χ1v) is 8.12. The van der Waals surface area contributed by atoms with Crippen LogP contribution in [0.15, 0.2) is 22.6 Å². The number of halogens is 1. The van der Waals surface area contributed by atoms with Gasteiger partial charge >= 0.3 is 0 Å². The smallest absolute Gasteiger partial charge is 0.289 e. The standard InChI is InChI=1S/C17H21ClN2O4/c1-19(2)9-17(22)4-5-20(10-17)16(21)14-7-11-6-12(18)8-13(23-3)15(11)24-14/h6-8,22H,4-5,9-10H2,1-3H3/t17-/m0/s1. The number of nitrogens with zero attached hydrogens (tertiary/aromatic N) is 2. The molecule has 6 nitrogen and oxygen atoms in total. The number of β-amino-alcohol motifs (C(OH)–C–C–N with tert-alkyl or cyclic N) is 1. The summed E-state index contributed by atoms with van der Waals surface area (Å²) in [6, 6.07) is 5.04. The highest BCUT2D eigenvalue weighted by molar-refractivity contribution is 6.31. The fourth-order valence-electron chi connectivity index (χ4n) is 3.25. The van der Waals surface area contributed by atoms with Crippen LogP contribution in [0.3, 0.4) is 0 Å². The highest BCUT2D eigenvalue weighted by Crippen LogP contribution is 2.33. The van der Waals surface area contributed by atoms with Gasteiger partial charge in [0.05, 0.1) is 19.3 Å². The van der Waals surface area contributed by atoms with E-state index < -0.39 is 5.60 Å². The molecule has 1 amide bonds. The van der Waals surface area contributed by atoms with Crippen LogP contribution in [0.2, 0.25) is 5.02 Å². The van der Waals surface area contributed by atoms with E-state index in [0.717, 1.165) is 0 Å². The Kier molecular flexibility index (Phi) is 4.46. The molecular formula is C17H21ClN2O4. The molecule has 3 rings (SSSR count). The van der Waals surface area contributed by atoms with Gasteiger partial charge in [-0.25, -0.2) is 0 Å². The van der Waals surface area contributed by atoms with Gasteiger partial charge in [-0.05, 0) is 32.6 Å². The van der Waals surface area contributed by atoms with Crippen molar-refractivity contribution in [3.05, 3.63) is 29.0 Å². The summed E-state index contributed by atoms with van der Waals surface area (Å²) in [4.78, 5) is 16.2. The van der Waals surface area contributed by atoms with Gasteiger partial charge in [0.1, 0.15) is 0 Å². The Morgan fingerprint density at radius 1 is 1.46 bits per heavy atom. The quantitative estimate of drug-likeness (QED) is 0.914. The summed E-state index contributed by atoms with van der Waals surface area (Å²) < 4.78 is 11.0. The van der Waals surface area contributed by atoms with Crippen molar-refractivity contribution < 1.29 is 19.1 Å². The van der Waals surface area contributed by atoms with Crippen molar-refractivity contribution in [2.24, 2.45) is 0 Å². The van der Waals surface area contributed by atoms with E-state index in [-0.39, 0.29) is 11.7 Å². The number of rotatable bonds is 4. The minimum Gasteiger partial charge on any atom is -0.493 e. The number of ether oxygens (including phenoxy) is 1. The minimum absolute atomic E-state index is 0.222. The number of hydrogen-bond acceptors (Lipinski definition) is 5. The number of benzene rings is 1. The highest BCUT2D eigenvalue weighted by atomic mass is 35.5. The van der Waals surface area contributed by atoms with Gasteiger partial charge in [-0.15, -0.1) is 0 Å². The molecule has 1 aliphatic rings. The summed E-state index contributed by atoms with van der Waals surface area (Å²) >= 11 is 6.05. The van der Waals surface area contributed by atoms with Crippen molar-refractivity contribution >= 4 is 28.5 Å². The van der Waals surface area contributed by atoms with Gasteiger partial charge in [-0.1, -0.05) is 11.6 Å². The van der Waals surface area contributed by atoms with Crippen molar-refractivity contribution in [3.8, 4) is 5.75 Å². The van der Waals surface area contributed by atoms with Crippen LogP contribution in [-0.2, 0) is 0 Å². The van der Waals surface area contributed by atoms with Crippen molar-refractivity contribution in [1.29, 1.82) is 0 Å². The number of furan rings is 1. The monoisotopic (exact) mass is 352 g/mol. The topological polar surface area (TPSA) is 66.2 Å². The lowest BCUT2D eigenvalue weighted by atomic mass is 10.0. The number of amides is 1. The zero-order valence-corrected chi connectivity index (χ0v) is 14.8. The lowest BCUT2D eigenvalue weighted by Crippen LogP contribution is -2.43. The maximum Gasteiger partial charge on any atom is 0.289 e. The summed E-state index contributed by atoms with van der Waals surface area (Å²) in [6.07, 6.45) is 0.548. The van der Waals surface area contributed by atoms with E-state index in [1.807, 2.05) is 19.0 Å². The Bertz CT molecular complexity index is 773. The van der Waals surface area contributed by atoms with Crippen LogP contribution in [0.4, 0.5) is 0 Å². The van der Waals surface area contributed by atoms with Gasteiger partial charge in [-0.3, -0.25) is 4.79 Å². The predicted octanol–water partition coefficient (Wildman–Crippen LogP) is 2.23. The predicted molar refractivity (Wildman–Crippen MR) is 91.8 cm³/mol. The molecule has 0 radical (unpaired) electrons. The number of fused-ring (bicyclic) bond motifs is 1. The molecule has 1 N–H and O–H groups in total. The number of aliphatic hydroxyl groups is 1. The highest BCUT2D eigenvalue weighted by Gasteiger charge is 2.39. The van der Waals surface area contributed by atoms with Gasteiger partial charge in [0.25, 0.3) is 5.91 Å². The molecule has 2 aromatic rings. The molecule has 1 aromatic heterocycles. The molecule has 0 bridgehead atoms. The molecule has 0 spiro atoms. The molecule has 0 saturated carbocycles. The van der Waals surface area contributed by atoms with Crippen molar-refractivity contribution in [2.75, 3.05) is 40.8 Å². The maximum absolute atomic E-state index is 12.7. The molecule has 7 heteroatoms. The fourth-order valence-corrected chi connectivity index (χ4v) is 3.46. The molecule has 1 aromatic carbocycles. The van der Waals surface area contributed by atoms with Crippen molar-refractivity contribution in [1.82, 2.24) is 9.80 Å². The number of carbonyl (C=O) groups is 1. The molecule has 1 atom stereocenters.